The summed E-state index contributed by atoms with van der Waals surface area (Å²) in [4.78, 5) is 13.9. The average Bonchev–Trinajstić information content (AvgIpc) is 3.13. The van der Waals surface area contributed by atoms with Crippen LogP contribution < -0.4 is 0 Å². The summed E-state index contributed by atoms with van der Waals surface area (Å²) < 4.78 is 2.76. The first kappa shape index (κ1) is 12.5. The van der Waals surface area contributed by atoms with Crippen LogP contribution >= 0.6 is 24.0 Å². The fourth-order valence-electron chi connectivity index (χ4n) is 2.00. The van der Waals surface area contributed by atoms with Crippen molar-refractivity contribution in [3.63, 3.8) is 0 Å². The van der Waals surface area contributed by atoms with Gasteiger partial charge in [-0.1, -0.05) is 0 Å². The first-order valence-corrected chi connectivity index (χ1v) is 7.47. The summed E-state index contributed by atoms with van der Waals surface area (Å²) in [6, 6.07) is 5.88. The zero-order valence-corrected chi connectivity index (χ0v) is 12.4. The lowest BCUT2D eigenvalue weighted by molar-refractivity contribution is 0.849. The van der Waals surface area contributed by atoms with Gasteiger partial charge in [-0.3, -0.25) is 4.98 Å². The van der Waals surface area contributed by atoms with E-state index in [9.17, 15) is 0 Å². The predicted octanol–water partition coefficient (Wildman–Crippen LogP) is 3.23. The third kappa shape index (κ3) is 2.30. The van der Waals surface area contributed by atoms with Gasteiger partial charge in [0, 0.05) is 35.1 Å². The van der Waals surface area contributed by atoms with Crippen molar-refractivity contribution in [1.82, 2.24) is 24.7 Å². The second-order valence-corrected chi connectivity index (χ2v) is 5.96. The number of rotatable bonds is 2. The number of aromatic nitrogens is 5. The van der Waals surface area contributed by atoms with Crippen LogP contribution in [0.4, 0.5) is 0 Å². The van der Waals surface area contributed by atoms with Gasteiger partial charge in [-0.25, -0.2) is 14.6 Å². The molecule has 4 rings (SSSR count). The van der Waals surface area contributed by atoms with Gasteiger partial charge in [0.05, 0.1) is 17.1 Å². The van der Waals surface area contributed by atoms with E-state index in [1.54, 1.807) is 34.6 Å². The maximum atomic E-state index is 4.59. The van der Waals surface area contributed by atoms with Gasteiger partial charge in [0.1, 0.15) is 10.5 Å². The minimum absolute atomic E-state index is 0.754. The molecule has 4 heterocycles. The Hall–Kier alpha value is -2.25. The molecule has 5 nitrogen and oxygen atoms in total. The number of hydrogen-bond donors (Lipinski definition) is 1. The Morgan fingerprint density at radius 1 is 1.19 bits per heavy atom. The van der Waals surface area contributed by atoms with E-state index in [0.717, 1.165) is 31.5 Å². The molecular weight excluding hydrogens is 302 g/mol. The van der Waals surface area contributed by atoms with Crippen LogP contribution in [0.15, 0.2) is 54.1 Å². The number of thiazole rings is 1. The van der Waals surface area contributed by atoms with Crippen LogP contribution in [0.3, 0.4) is 0 Å². The number of fused-ring (bicyclic) bond motifs is 1. The van der Waals surface area contributed by atoms with Crippen molar-refractivity contribution in [2.24, 2.45) is 0 Å². The van der Waals surface area contributed by atoms with Crippen molar-refractivity contribution in [1.29, 1.82) is 0 Å². The largest absolute Gasteiger partial charge is 0.264 e. The van der Waals surface area contributed by atoms with Crippen molar-refractivity contribution >= 4 is 34.2 Å². The molecule has 0 saturated heterocycles. The molecule has 0 saturated carbocycles. The van der Waals surface area contributed by atoms with Crippen LogP contribution in [-0.2, 0) is 0 Å². The quantitative estimate of drug-likeness (QED) is 0.577. The van der Waals surface area contributed by atoms with Crippen molar-refractivity contribution in [3.8, 4) is 16.4 Å². The Kier molecular flexibility index (Phi) is 2.94. The molecule has 0 atom stereocenters. The minimum Gasteiger partial charge on any atom is -0.264 e. The number of thiol groups is 1. The van der Waals surface area contributed by atoms with Crippen LogP contribution in [0.25, 0.3) is 26.6 Å². The van der Waals surface area contributed by atoms with Gasteiger partial charge >= 0.3 is 0 Å². The van der Waals surface area contributed by atoms with Crippen molar-refractivity contribution in [2.45, 2.75) is 4.90 Å². The Morgan fingerprint density at radius 3 is 2.90 bits per heavy atom. The predicted molar refractivity (Wildman–Crippen MR) is 85.0 cm³/mol. The topological polar surface area (TPSA) is 56.5 Å². The molecule has 7 heteroatoms. The molecule has 0 N–H and O–H groups in total. The highest BCUT2D eigenvalue weighted by molar-refractivity contribution is 7.80. The van der Waals surface area contributed by atoms with Crippen LogP contribution in [0.1, 0.15) is 0 Å². The molecule has 4 aromatic heterocycles. The summed E-state index contributed by atoms with van der Waals surface area (Å²) in [5, 5.41) is 5.15. The zero-order chi connectivity index (χ0) is 14.2. The molecule has 0 bridgehead atoms. The van der Waals surface area contributed by atoms with Gasteiger partial charge in [-0.15, -0.1) is 24.0 Å². The van der Waals surface area contributed by atoms with E-state index >= 15 is 0 Å². The monoisotopic (exact) mass is 311 g/mol. The first-order chi connectivity index (χ1) is 10.3. The molecule has 21 heavy (non-hydrogen) atoms. The minimum atomic E-state index is 0.754. The summed E-state index contributed by atoms with van der Waals surface area (Å²) in [6.45, 7) is 0. The van der Waals surface area contributed by atoms with Crippen LogP contribution in [0.2, 0.25) is 0 Å². The van der Waals surface area contributed by atoms with Crippen LogP contribution in [0, 0.1) is 0 Å². The second kappa shape index (κ2) is 4.94. The molecule has 0 aromatic carbocycles. The Bertz CT molecular complexity index is 913. The van der Waals surface area contributed by atoms with E-state index in [0.29, 0.717) is 0 Å². The second-order valence-electron chi connectivity index (χ2n) is 4.41. The van der Waals surface area contributed by atoms with Gasteiger partial charge in [-0.2, -0.15) is 5.10 Å². The highest BCUT2D eigenvalue weighted by atomic mass is 32.1. The molecule has 0 aliphatic carbocycles. The Labute approximate surface area is 129 Å². The zero-order valence-electron chi connectivity index (χ0n) is 10.7. The lowest BCUT2D eigenvalue weighted by Crippen LogP contribution is -1.96. The molecule has 0 amide bonds. The SMILES string of the molecule is Sc1cnn(-c2cc3sc(-c4cccnc4)nc3cn2)c1. The van der Waals surface area contributed by atoms with E-state index in [4.69, 9.17) is 0 Å². The lowest BCUT2D eigenvalue weighted by atomic mass is 10.3. The lowest BCUT2D eigenvalue weighted by Gasteiger charge is -1.98. The molecule has 0 fully saturated rings. The molecule has 0 spiro atoms. The smallest absolute Gasteiger partial charge is 0.154 e. The highest BCUT2D eigenvalue weighted by Gasteiger charge is 2.09. The summed E-state index contributed by atoms with van der Waals surface area (Å²) in [5.41, 5.74) is 1.89. The fraction of sp³-hybridized carbons (Fsp3) is 0. The van der Waals surface area contributed by atoms with Gasteiger partial charge < -0.3 is 0 Å². The van der Waals surface area contributed by atoms with Crippen LogP contribution in [-0.4, -0.2) is 24.7 Å². The first-order valence-electron chi connectivity index (χ1n) is 6.20. The summed E-state index contributed by atoms with van der Waals surface area (Å²) >= 11 is 5.87. The molecular formula is C14H9N5S2. The Balaban J connectivity index is 1.82. The third-order valence-corrected chi connectivity index (χ3v) is 4.27. The van der Waals surface area contributed by atoms with Gasteiger partial charge in [0.25, 0.3) is 0 Å². The highest BCUT2D eigenvalue weighted by Crippen LogP contribution is 2.30. The summed E-state index contributed by atoms with van der Waals surface area (Å²) in [5.74, 6) is 0.754. The molecule has 0 aliphatic rings. The van der Waals surface area contributed by atoms with E-state index in [1.165, 1.54) is 0 Å². The maximum Gasteiger partial charge on any atom is 0.154 e. The molecule has 0 radical (unpaired) electrons. The van der Waals surface area contributed by atoms with E-state index in [-0.39, 0.29) is 0 Å². The van der Waals surface area contributed by atoms with Crippen molar-refractivity contribution in [3.05, 3.63) is 49.2 Å². The van der Waals surface area contributed by atoms with Gasteiger partial charge in [-0.05, 0) is 12.1 Å². The van der Waals surface area contributed by atoms with E-state index in [2.05, 4.69) is 32.7 Å². The van der Waals surface area contributed by atoms with E-state index < -0.39 is 0 Å². The molecule has 102 valence electrons. The molecule has 0 aliphatic heterocycles. The van der Waals surface area contributed by atoms with Gasteiger partial charge in [0.2, 0.25) is 0 Å². The number of pyridine rings is 2. The summed E-state index contributed by atoms with van der Waals surface area (Å²) in [6.07, 6.45) is 8.83. The molecule has 4 aromatic rings. The van der Waals surface area contributed by atoms with Crippen molar-refractivity contribution in [2.75, 3.05) is 0 Å². The van der Waals surface area contributed by atoms with Crippen molar-refractivity contribution < 1.29 is 0 Å². The maximum absolute atomic E-state index is 4.59. The average molecular weight is 311 g/mol. The van der Waals surface area contributed by atoms with Crippen LogP contribution in [0.5, 0.6) is 0 Å². The third-order valence-electron chi connectivity index (χ3n) is 2.97. The fourth-order valence-corrected chi connectivity index (χ4v) is 3.12. The Morgan fingerprint density at radius 2 is 2.14 bits per heavy atom. The number of nitrogens with zero attached hydrogens (tertiary/aromatic N) is 5. The number of hydrogen-bond acceptors (Lipinski definition) is 6. The summed E-state index contributed by atoms with van der Waals surface area (Å²) in [7, 11) is 0. The van der Waals surface area contributed by atoms with E-state index in [1.807, 2.05) is 30.6 Å². The standard InChI is InChI=1S/C14H9N5S2/c20-10-6-17-19(8-10)13-4-12-11(7-16-13)18-14(21-12)9-2-1-3-15-5-9/h1-8,20H. The normalized spacial score (nSPS) is 11.1. The molecule has 0 unspecified atom stereocenters. The van der Waals surface area contributed by atoms with Gasteiger partial charge in [0.15, 0.2) is 5.82 Å².